The normalized spacial score (nSPS) is 11.1. The van der Waals surface area contributed by atoms with Crippen LogP contribution < -0.4 is 9.21 Å². The smallest absolute Gasteiger partial charge is 0.264 e. The van der Waals surface area contributed by atoms with Crippen molar-refractivity contribution in [2.45, 2.75) is 11.4 Å². The van der Waals surface area contributed by atoms with Crippen molar-refractivity contribution in [1.29, 1.82) is 0 Å². The minimum atomic E-state index is -3.77. The molecule has 0 fully saturated rings. The van der Waals surface area contributed by atoms with Crippen molar-refractivity contribution in [2.75, 3.05) is 16.3 Å². The molecule has 0 spiro atoms. The lowest BCUT2D eigenvalue weighted by Gasteiger charge is -2.25. The number of rotatable bonds is 7. The molecule has 0 aliphatic rings. The molecule has 4 aromatic carbocycles. The van der Waals surface area contributed by atoms with E-state index in [9.17, 15) is 13.2 Å². The summed E-state index contributed by atoms with van der Waals surface area (Å²) in [7, 11) is -2.04. The highest BCUT2D eigenvalue weighted by molar-refractivity contribution is 7.92. The third-order valence-electron chi connectivity index (χ3n) is 5.35. The van der Waals surface area contributed by atoms with Crippen LogP contribution >= 0.6 is 0 Å². The van der Waals surface area contributed by atoms with Gasteiger partial charge in [-0.25, -0.2) is 8.42 Å². The Morgan fingerprint density at radius 2 is 1.15 bits per heavy atom. The Balaban J connectivity index is 1.60. The molecule has 0 atom stereocenters. The molecule has 4 aromatic rings. The number of carbonyl (C=O) groups excluding carboxylic acids is 1. The van der Waals surface area contributed by atoms with Gasteiger partial charge in [-0.1, -0.05) is 66.7 Å². The molecule has 4 rings (SSSR count). The number of benzene rings is 4. The Bertz CT molecular complexity index is 1310. The predicted molar refractivity (Wildman–Crippen MR) is 132 cm³/mol. The lowest BCUT2D eigenvalue weighted by atomic mass is 10.1. The van der Waals surface area contributed by atoms with Crippen molar-refractivity contribution >= 4 is 27.3 Å². The fourth-order valence-corrected chi connectivity index (χ4v) is 4.98. The first-order valence-electron chi connectivity index (χ1n) is 10.5. The van der Waals surface area contributed by atoms with Crippen molar-refractivity contribution in [2.24, 2.45) is 0 Å². The molecule has 0 unspecified atom stereocenters. The number of hydrogen-bond acceptors (Lipinski definition) is 3. The molecule has 1 amide bonds. The van der Waals surface area contributed by atoms with E-state index in [1.54, 1.807) is 78.7 Å². The van der Waals surface area contributed by atoms with Crippen LogP contribution in [0.15, 0.2) is 120 Å². The second kappa shape index (κ2) is 9.71. The summed E-state index contributed by atoms with van der Waals surface area (Å²) < 4.78 is 28.2. The van der Waals surface area contributed by atoms with Gasteiger partial charge >= 0.3 is 0 Å². The van der Waals surface area contributed by atoms with Crippen LogP contribution in [0.3, 0.4) is 0 Å². The van der Waals surface area contributed by atoms with Gasteiger partial charge in [0, 0.05) is 18.3 Å². The van der Waals surface area contributed by atoms with Gasteiger partial charge in [-0.15, -0.1) is 0 Å². The Labute approximate surface area is 194 Å². The summed E-state index contributed by atoms with van der Waals surface area (Å²) in [6, 6.07) is 33.9. The predicted octanol–water partition coefficient (Wildman–Crippen LogP) is 5.36. The highest BCUT2D eigenvalue weighted by Gasteiger charge is 2.25. The highest BCUT2D eigenvalue weighted by Crippen LogP contribution is 2.26. The van der Waals surface area contributed by atoms with Crippen LogP contribution in [0.5, 0.6) is 0 Å². The molecule has 0 heterocycles. The van der Waals surface area contributed by atoms with Gasteiger partial charge in [0.2, 0.25) is 0 Å². The average molecular weight is 457 g/mol. The molecule has 166 valence electrons. The molecular weight excluding hydrogens is 432 g/mol. The Kier molecular flexibility index (Phi) is 6.56. The zero-order valence-corrected chi connectivity index (χ0v) is 19.0. The summed E-state index contributed by atoms with van der Waals surface area (Å²) in [4.78, 5) is 14.7. The van der Waals surface area contributed by atoms with Crippen molar-refractivity contribution in [1.82, 2.24) is 0 Å². The van der Waals surface area contributed by atoms with Gasteiger partial charge in [-0.05, 0) is 54.1 Å². The van der Waals surface area contributed by atoms with Crippen molar-refractivity contribution in [3.63, 3.8) is 0 Å². The monoisotopic (exact) mass is 456 g/mol. The molecule has 6 heteroatoms. The molecule has 0 radical (unpaired) electrons. The first kappa shape index (κ1) is 22.3. The highest BCUT2D eigenvalue weighted by atomic mass is 32.2. The van der Waals surface area contributed by atoms with Crippen LogP contribution in [-0.2, 0) is 16.6 Å². The number of carbonyl (C=O) groups is 1. The number of anilines is 2. The summed E-state index contributed by atoms with van der Waals surface area (Å²) in [6.45, 7) is 0.143. The van der Waals surface area contributed by atoms with E-state index in [0.717, 1.165) is 11.3 Å². The molecular formula is C27H24N2O3S. The van der Waals surface area contributed by atoms with Gasteiger partial charge in [-0.2, -0.15) is 0 Å². The van der Waals surface area contributed by atoms with Gasteiger partial charge in [0.05, 0.1) is 17.1 Å². The van der Waals surface area contributed by atoms with Crippen LogP contribution in [-0.4, -0.2) is 21.4 Å². The largest absolute Gasteiger partial charge is 0.311 e. The maximum absolute atomic E-state index is 13.4. The molecule has 0 N–H and O–H groups in total. The van der Waals surface area contributed by atoms with Crippen molar-refractivity contribution < 1.29 is 13.2 Å². The van der Waals surface area contributed by atoms with Crippen molar-refractivity contribution in [3.05, 3.63) is 126 Å². The molecule has 0 aliphatic carbocycles. The summed E-state index contributed by atoms with van der Waals surface area (Å²) in [6.07, 6.45) is 0. The third-order valence-corrected chi connectivity index (χ3v) is 7.14. The summed E-state index contributed by atoms with van der Waals surface area (Å²) in [5.41, 5.74) is 2.68. The SMILES string of the molecule is CN(C(=O)c1ccc(CN(c2ccccc2)S(=O)(=O)c2ccccc2)cc1)c1ccccc1. The molecule has 0 aromatic heterocycles. The van der Waals surface area contributed by atoms with Gasteiger partial charge in [-0.3, -0.25) is 9.10 Å². The van der Waals surface area contributed by atoms with Crippen LogP contribution in [0.4, 0.5) is 11.4 Å². The molecule has 0 aliphatic heterocycles. The quantitative estimate of drug-likeness (QED) is 0.376. The van der Waals surface area contributed by atoms with Crippen LogP contribution in [0.1, 0.15) is 15.9 Å². The fraction of sp³-hybridized carbons (Fsp3) is 0.0741. The first-order valence-corrected chi connectivity index (χ1v) is 12.0. The van der Waals surface area contributed by atoms with E-state index < -0.39 is 10.0 Å². The van der Waals surface area contributed by atoms with E-state index in [-0.39, 0.29) is 17.3 Å². The first-order chi connectivity index (χ1) is 16.0. The van der Waals surface area contributed by atoms with E-state index in [4.69, 9.17) is 0 Å². The minimum absolute atomic E-state index is 0.135. The van der Waals surface area contributed by atoms with Crippen molar-refractivity contribution in [3.8, 4) is 0 Å². The zero-order chi connectivity index (χ0) is 23.3. The van der Waals surface area contributed by atoms with Gasteiger partial charge in [0.1, 0.15) is 0 Å². The average Bonchev–Trinajstić information content (AvgIpc) is 2.88. The second-order valence-electron chi connectivity index (χ2n) is 7.56. The lowest BCUT2D eigenvalue weighted by molar-refractivity contribution is 0.0993. The number of sulfonamides is 1. The molecule has 33 heavy (non-hydrogen) atoms. The van der Waals surface area contributed by atoms with E-state index >= 15 is 0 Å². The maximum atomic E-state index is 13.4. The van der Waals surface area contributed by atoms with Gasteiger partial charge < -0.3 is 4.90 Å². The molecule has 0 bridgehead atoms. The molecule has 5 nitrogen and oxygen atoms in total. The standard InChI is InChI=1S/C27H24N2O3S/c1-28(24-11-5-2-6-12-24)27(30)23-19-17-22(18-20-23)21-29(25-13-7-3-8-14-25)33(31,32)26-15-9-4-10-16-26/h2-20H,21H2,1H3. The van der Waals surface area contributed by atoms with Crippen LogP contribution in [0.25, 0.3) is 0 Å². The van der Waals surface area contributed by atoms with Gasteiger partial charge in [0.15, 0.2) is 0 Å². The van der Waals surface area contributed by atoms with E-state index in [1.165, 1.54) is 4.31 Å². The number of hydrogen-bond donors (Lipinski definition) is 0. The van der Waals surface area contributed by atoms with Gasteiger partial charge in [0.25, 0.3) is 15.9 Å². The third kappa shape index (κ3) is 4.96. The topological polar surface area (TPSA) is 57.7 Å². The Morgan fingerprint density at radius 1 is 0.667 bits per heavy atom. The fourth-order valence-electron chi connectivity index (χ4n) is 3.51. The van der Waals surface area contributed by atoms with E-state index in [2.05, 4.69) is 0 Å². The maximum Gasteiger partial charge on any atom is 0.264 e. The van der Waals surface area contributed by atoms with Crippen LogP contribution in [0, 0.1) is 0 Å². The Hall–Kier alpha value is -3.90. The lowest BCUT2D eigenvalue weighted by Crippen LogP contribution is -2.30. The van der Waals surface area contributed by atoms with E-state index in [0.29, 0.717) is 11.3 Å². The van der Waals surface area contributed by atoms with E-state index in [1.807, 2.05) is 48.5 Å². The Morgan fingerprint density at radius 3 is 1.70 bits per heavy atom. The minimum Gasteiger partial charge on any atom is -0.311 e. The summed E-state index contributed by atoms with van der Waals surface area (Å²) in [5.74, 6) is -0.135. The second-order valence-corrected chi connectivity index (χ2v) is 9.42. The zero-order valence-electron chi connectivity index (χ0n) is 18.2. The summed E-state index contributed by atoms with van der Waals surface area (Å²) in [5, 5.41) is 0. The molecule has 0 saturated heterocycles. The number of amides is 1. The summed E-state index contributed by atoms with van der Waals surface area (Å²) >= 11 is 0. The number of para-hydroxylation sites is 2. The van der Waals surface area contributed by atoms with Crippen LogP contribution in [0.2, 0.25) is 0 Å². The molecule has 0 saturated carbocycles. The number of nitrogens with zero attached hydrogens (tertiary/aromatic N) is 2.